The molecule has 2 aromatic rings. The number of piperazine rings is 1. The Morgan fingerprint density at radius 3 is 2.50 bits per heavy atom. The Labute approximate surface area is 138 Å². The largest absolute Gasteiger partial charge is 0.366 e. The summed E-state index contributed by atoms with van der Waals surface area (Å²) in [5, 5.41) is 1.79. The summed E-state index contributed by atoms with van der Waals surface area (Å²) >= 11 is 5.16. The molecule has 1 atom stereocenters. The van der Waals surface area contributed by atoms with Crippen LogP contribution in [0.15, 0.2) is 54.6 Å². The van der Waals surface area contributed by atoms with E-state index >= 15 is 0 Å². The summed E-state index contributed by atoms with van der Waals surface area (Å²) < 4.78 is 0. The summed E-state index contributed by atoms with van der Waals surface area (Å²) in [5.41, 5.74) is 3.81. The third kappa shape index (κ3) is 3.37. The Morgan fingerprint density at radius 2 is 1.77 bits per heavy atom. The van der Waals surface area contributed by atoms with Crippen molar-refractivity contribution >= 4 is 23.3 Å². The highest BCUT2D eigenvalue weighted by Gasteiger charge is 2.24. The van der Waals surface area contributed by atoms with Crippen LogP contribution in [0.4, 0.5) is 5.69 Å². The molecule has 0 aromatic heterocycles. The van der Waals surface area contributed by atoms with Gasteiger partial charge in [-0.3, -0.25) is 4.90 Å². The molecule has 1 saturated heterocycles. The minimum absolute atomic E-state index is 0.494. The lowest BCUT2D eigenvalue weighted by molar-refractivity contribution is 0.221. The molecule has 1 aliphatic rings. The molecular formula is C19H22N2S. The molecule has 0 aliphatic carbocycles. The zero-order valence-electron chi connectivity index (χ0n) is 13.0. The van der Waals surface area contributed by atoms with E-state index < -0.39 is 0 Å². The van der Waals surface area contributed by atoms with Gasteiger partial charge in [-0.1, -0.05) is 60.7 Å². The molecule has 0 amide bonds. The molecule has 0 radical (unpaired) electrons. The third-order valence-electron chi connectivity index (χ3n) is 4.33. The van der Waals surface area contributed by atoms with Gasteiger partial charge in [-0.05, 0) is 18.6 Å². The van der Waals surface area contributed by atoms with E-state index in [9.17, 15) is 0 Å². The molecule has 114 valence electrons. The number of hydrogen-bond acceptors (Lipinski definition) is 3. The molecule has 3 heteroatoms. The summed E-state index contributed by atoms with van der Waals surface area (Å²) in [7, 11) is 0. The van der Waals surface area contributed by atoms with E-state index in [2.05, 4.69) is 71.3 Å². The monoisotopic (exact) mass is 310 g/mol. The van der Waals surface area contributed by atoms with Crippen molar-refractivity contribution in [1.82, 2.24) is 4.90 Å². The van der Waals surface area contributed by atoms with Crippen molar-refractivity contribution in [3.05, 3.63) is 65.7 Å². The van der Waals surface area contributed by atoms with E-state index in [0.717, 1.165) is 31.7 Å². The van der Waals surface area contributed by atoms with Crippen molar-refractivity contribution in [1.29, 1.82) is 0 Å². The fourth-order valence-corrected chi connectivity index (χ4v) is 3.42. The van der Waals surface area contributed by atoms with Gasteiger partial charge in [0, 0.05) is 48.8 Å². The highest BCUT2D eigenvalue weighted by Crippen LogP contribution is 2.24. The lowest BCUT2D eigenvalue weighted by atomic mass is 10.1. The van der Waals surface area contributed by atoms with Crippen LogP contribution in [0.3, 0.4) is 0 Å². The first-order valence-corrected chi connectivity index (χ1v) is 8.32. The van der Waals surface area contributed by atoms with Gasteiger partial charge in [-0.2, -0.15) is 0 Å². The molecule has 0 spiro atoms. The zero-order chi connectivity index (χ0) is 15.4. The van der Waals surface area contributed by atoms with E-state index in [1.807, 2.05) is 0 Å². The van der Waals surface area contributed by atoms with Crippen LogP contribution >= 0.6 is 12.2 Å². The number of anilines is 1. The molecule has 22 heavy (non-hydrogen) atoms. The van der Waals surface area contributed by atoms with Crippen molar-refractivity contribution in [2.45, 2.75) is 19.5 Å². The number of para-hydroxylation sites is 1. The number of hydrogen-bond donors (Lipinski definition) is 0. The number of benzene rings is 2. The van der Waals surface area contributed by atoms with Crippen LogP contribution in [-0.4, -0.2) is 35.9 Å². The highest BCUT2D eigenvalue weighted by molar-refractivity contribution is 7.79. The van der Waals surface area contributed by atoms with E-state index in [1.54, 1.807) is 5.37 Å². The summed E-state index contributed by atoms with van der Waals surface area (Å²) in [6, 6.07) is 19.7. The predicted molar refractivity (Wildman–Crippen MR) is 97.7 cm³/mol. The van der Waals surface area contributed by atoms with Gasteiger partial charge in [0.1, 0.15) is 0 Å². The minimum Gasteiger partial charge on any atom is -0.366 e. The van der Waals surface area contributed by atoms with Crippen molar-refractivity contribution in [2.75, 3.05) is 24.5 Å². The first-order valence-electron chi connectivity index (χ1n) is 7.85. The predicted octanol–water partition coefficient (Wildman–Crippen LogP) is 3.75. The molecule has 3 rings (SSSR count). The quantitative estimate of drug-likeness (QED) is 0.794. The van der Waals surface area contributed by atoms with Gasteiger partial charge in [0.2, 0.25) is 0 Å². The first kappa shape index (κ1) is 15.2. The van der Waals surface area contributed by atoms with Crippen molar-refractivity contribution in [3.63, 3.8) is 0 Å². The third-order valence-corrected chi connectivity index (χ3v) is 4.59. The SMILES string of the molecule is C[C@@H]1CN(Cc2ccccc2)CCN1c1ccccc1C=S. The fourth-order valence-electron chi connectivity index (χ4n) is 3.22. The molecular weight excluding hydrogens is 288 g/mol. The topological polar surface area (TPSA) is 6.48 Å². The zero-order valence-corrected chi connectivity index (χ0v) is 13.8. The first-order chi connectivity index (χ1) is 10.8. The summed E-state index contributed by atoms with van der Waals surface area (Å²) in [6.45, 7) is 6.56. The summed E-state index contributed by atoms with van der Waals surface area (Å²) in [6.07, 6.45) is 0. The Bertz CT molecular complexity index is 626. The van der Waals surface area contributed by atoms with E-state index in [-0.39, 0.29) is 0 Å². The number of rotatable bonds is 4. The number of thiocarbonyl (C=S) groups is 1. The van der Waals surface area contributed by atoms with Crippen LogP contribution in [0.1, 0.15) is 18.1 Å². The number of nitrogens with zero attached hydrogens (tertiary/aromatic N) is 2. The smallest absolute Gasteiger partial charge is 0.0451 e. The molecule has 0 N–H and O–H groups in total. The molecule has 0 saturated carbocycles. The Kier molecular flexibility index (Phi) is 4.86. The molecule has 1 heterocycles. The maximum atomic E-state index is 5.16. The minimum atomic E-state index is 0.494. The lowest BCUT2D eigenvalue weighted by Crippen LogP contribution is -2.51. The van der Waals surface area contributed by atoms with Crippen LogP contribution in [0.2, 0.25) is 0 Å². The van der Waals surface area contributed by atoms with Crippen molar-refractivity contribution < 1.29 is 0 Å². The van der Waals surface area contributed by atoms with Gasteiger partial charge in [-0.15, -0.1) is 0 Å². The molecule has 2 nitrogen and oxygen atoms in total. The molecule has 0 unspecified atom stereocenters. The second-order valence-electron chi connectivity index (χ2n) is 5.94. The Balaban J connectivity index is 1.69. The van der Waals surface area contributed by atoms with Crippen LogP contribution in [-0.2, 0) is 6.54 Å². The highest BCUT2D eigenvalue weighted by atomic mass is 32.1. The van der Waals surface area contributed by atoms with Gasteiger partial charge in [0.05, 0.1) is 0 Å². The van der Waals surface area contributed by atoms with Gasteiger partial charge < -0.3 is 4.90 Å². The van der Waals surface area contributed by atoms with Crippen molar-refractivity contribution in [3.8, 4) is 0 Å². The average Bonchev–Trinajstić information content (AvgIpc) is 2.56. The van der Waals surface area contributed by atoms with Crippen LogP contribution < -0.4 is 4.90 Å². The van der Waals surface area contributed by atoms with E-state index in [0.29, 0.717) is 6.04 Å². The standard InChI is InChI=1S/C19H22N2S/c1-16-13-20(14-17-7-3-2-4-8-17)11-12-21(16)19-10-6-5-9-18(19)15-22/h2-10,15-16H,11-14H2,1H3/t16-/m1/s1. The van der Waals surface area contributed by atoms with Gasteiger partial charge in [0.15, 0.2) is 0 Å². The van der Waals surface area contributed by atoms with Crippen LogP contribution in [0.5, 0.6) is 0 Å². The second-order valence-corrected chi connectivity index (χ2v) is 6.18. The van der Waals surface area contributed by atoms with Gasteiger partial charge in [-0.25, -0.2) is 0 Å². The maximum Gasteiger partial charge on any atom is 0.0451 e. The molecule has 2 aromatic carbocycles. The second kappa shape index (κ2) is 7.03. The normalized spacial score (nSPS) is 19.1. The van der Waals surface area contributed by atoms with E-state index in [1.165, 1.54) is 11.3 Å². The fraction of sp³-hybridized carbons (Fsp3) is 0.316. The summed E-state index contributed by atoms with van der Waals surface area (Å²) in [4.78, 5) is 5.02. The Morgan fingerprint density at radius 1 is 1.05 bits per heavy atom. The van der Waals surface area contributed by atoms with Crippen molar-refractivity contribution in [2.24, 2.45) is 0 Å². The molecule has 0 bridgehead atoms. The van der Waals surface area contributed by atoms with Crippen LogP contribution in [0.25, 0.3) is 0 Å². The molecule has 1 fully saturated rings. The summed E-state index contributed by atoms with van der Waals surface area (Å²) in [5.74, 6) is 0. The maximum absolute atomic E-state index is 5.16. The van der Waals surface area contributed by atoms with Gasteiger partial charge in [0.25, 0.3) is 0 Å². The molecule has 1 aliphatic heterocycles. The van der Waals surface area contributed by atoms with Crippen LogP contribution in [0, 0.1) is 0 Å². The lowest BCUT2D eigenvalue weighted by Gasteiger charge is -2.42. The average molecular weight is 310 g/mol. The van der Waals surface area contributed by atoms with Gasteiger partial charge >= 0.3 is 0 Å². The Hall–Kier alpha value is -1.71. The van der Waals surface area contributed by atoms with E-state index in [4.69, 9.17) is 12.2 Å².